The lowest BCUT2D eigenvalue weighted by Gasteiger charge is -2.24. The molecule has 1 aliphatic heterocycles. The van der Waals surface area contributed by atoms with Gasteiger partial charge in [0.1, 0.15) is 0 Å². The number of carbonyl (C=O) groups excluding carboxylic acids is 1. The van der Waals surface area contributed by atoms with Gasteiger partial charge in [-0.05, 0) is 31.9 Å². The van der Waals surface area contributed by atoms with Crippen molar-refractivity contribution in [2.24, 2.45) is 0 Å². The molecular weight excluding hydrogens is 345 g/mol. The van der Waals surface area contributed by atoms with Gasteiger partial charge in [-0.15, -0.1) is 0 Å². The molecule has 0 spiro atoms. The van der Waals surface area contributed by atoms with Crippen molar-refractivity contribution in [3.63, 3.8) is 0 Å². The van der Waals surface area contributed by atoms with E-state index in [2.05, 4.69) is 10.1 Å². The Bertz CT molecular complexity index is 760. The van der Waals surface area contributed by atoms with Crippen molar-refractivity contribution in [2.75, 3.05) is 13.1 Å². The van der Waals surface area contributed by atoms with Gasteiger partial charge in [-0.3, -0.25) is 4.79 Å². The molecule has 3 heterocycles. The van der Waals surface area contributed by atoms with Crippen LogP contribution >= 0.6 is 0 Å². The summed E-state index contributed by atoms with van der Waals surface area (Å²) in [5.74, 6) is 0.171. The number of nitrogens with zero attached hydrogens (tertiary/aromatic N) is 4. The second-order valence-electron chi connectivity index (χ2n) is 6.52. The molecule has 0 unspecified atom stereocenters. The molecule has 140 valence electrons. The lowest BCUT2D eigenvalue weighted by atomic mass is 10.1. The van der Waals surface area contributed by atoms with Crippen molar-refractivity contribution in [3.05, 3.63) is 41.3 Å². The Hall–Kier alpha value is -2.38. The molecule has 8 heteroatoms. The van der Waals surface area contributed by atoms with Gasteiger partial charge in [0.15, 0.2) is 5.82 Å². The Balaban J connectivity index is 1.82. The number of hydrogen-bond acceptors (Lipinski definition) is 3. The van der Waals surface area contributed by atoms with Crippen molar-refractivity contribution in [3.8, 4) is 5.82 Å². The zero-order chi connectivity index (χ0) is 18.7. The van der Waals surface area contributed by atoms with Crippen LogP contribution < -0.4 is 0 Å². The van der Waals surface area contributed by atoms with Gasteiger partial charge >= 0.3 is 6.18 Å². The molecule has 2 aromatic heterocycles. The molecule has 5 nitrogen and oxygen atoms in total. The maximum Gasteiger partial charge on any atom is 0.417 e. The average Bonchev–Trinajstić information content (AvgIpc) is 2.95. The third kappa shape index (κ3) is 3.89. The van der Waals surface area contributed by atoms with Crippen LogP contribution in [0.1, 0.15) is 53.7 Å². The van der Waals surface area contributed by atoms with Gasteiger partial charge in [0, 0.05) is 19.3 Å². The van der Waals surface area contributed by atoms with Crippen LogP contribution in [0, 0.1) is 6.92 Å². The van der Waals surface area contributed by atoms with E-state index < -0.39 is 11.7 Å². The highest BCUT2D eigenvalue weighted by atomic mass is 19.4. The number of amides is 1. The molecule has 0 aliphatic carbocycles. The van der Waals surface area contributed by atoms with Crippen LogP contribution in [0.15, 0.2) is 24.5 Å². The molecule has 3 rings (SSSR count). The van der Waals surface area contributed by atoms with E-state index in [9.17, 15) is 18.0 Å². The summed E-state index contributed by atoms with van der Waals surface area (Å²) < 4.78 is 39.4. The molecule has 0 aromatic carbocycles. The van der Waals surface area contributed by atoms with Crippen LogP contribution in [0.25, 0.3) is 5.82 Å². The summed E-state index contributed by atoms with van der Waals surface area (Å²) >= 11 is 0. The van der Waals surface area contributed by atoms with Crippen LogP contribution in [0.4, 0.5) is 13.2 Å². The van der Waals surface area contributed by atoms with Gasteiger partial charge in [-0.2, -0.15) is 18.3 Å². The number of hydrogen-bond donors (Lipinski definition) is 0. The van der Waals surface area contributed by atoms with Crippen LogP contribution in [0.5, 0.6) is 0 Å². The number of carbonyl (C=O) groups is 1. The SMILES string of the molecule is Cc1c(C(=O)N2CCCCCCC2)cnn1-c1ccc(C(F)(F)F)cn1. The van der Waals surface area contributed by atoms with Gasteiger partial charge < -0.3 is 4.90 Å². The second-order valence-corrected chi connectivity index (χ2v) is 6.52. The van der Waals surface area contributed by atoms with E-state index in [1.165, 1.54) is 23.4 Å². The molecule has 1 saturated heterocycles. The lowest BCUT2D eigenvalue weighted by molar-refractivity contribution is -0.137. The third-order valence-corrected chi connectivity index (χ3v) is 4.68. The first kappa shape index (κ1) is 18.4. The van der Waals surface area contributed by atoms with E-state index >= 15 is 0 Å². The van der Waals surface area contributed by atoms with Gasteiger partial charge in [-0.1, -0.05) is 19.3 Å². The quantitative estimate of drug-likeness (QED) is 0.807. The van der Waals surface area contributed by atoms with E-state index in [4.69, 9.17) is 0 Å². The lowest BCUT2D eigenvalue weighted by Crippen LogP contribution is -2.34. The molecule has 1 fully saturated rings. The number of rotatable bonds is 2. The van der Waals surface area contributed by atoms with Crippen LogP contribution in [0.2, 0.25) is 0 Å². The highest BCUT2D eigenvalue weighted by Crippen LogP contribution is 2.29. The summed E-state index contributed by atoms with van der Waals surface area (Å²) in [4.78, 5) is 18.5. The molecule has 0 atom stereocenters. The summed E-state index contributed by atoms with van der Waals surface area (Å²) in [6.07, 6.45) is 3.23. The second kappa shape index (κ2) is 7.47. The van der Waals surface area contributed by atoms with Gasteiger partial charge in [-0.25, -0.2) is 9.67 Å². The summed E-state index contributed by atoms with van der Waals surface area (Å²) in [7, 11) is 0. The zero-order valence-electron chi connectivity index (χ0n) is 14.6. The first-order valence-electron chi connectivity index (χ1n) is 8.75. The number of aromatic nitrogens is 3. The van der Waals surface area contributed by atoms with Crippen molar-refractivity contribution in [2.45, 2.75) is 45.2 Å². The molecule has 0 radical (unpaired) electrons. The fourth-order valence-corrected chi connectivity index (χ4v) is 3.15. The average molecular weight is 366 g/mol. The van der Waals surface area contributed by atoms with Gasteiger partial charge in [0.05, 0.1) is 23.0 Å². The summed E-state index contributed by atoms with van der Waals surface area (Å²) in [6, 6.07) is 2.22. The molecular formula is C18H21F3N4O. The first-order chi connectivity index (χ1) is 12.4. The fourth-order valence-electron chi connectivity index (χ4n) is 3.15. The maximum absolute atomic E-state index is 12.8. The van der Waals surface area contributed by atoms with Crippen molar-refractivity contribution >= 4 is 5.91 Å². The largest absolute Gasteiger partial charge is 0.417 e. The predicted molar refractivity (Wildman–Crippen MR) is 90.1 cm³/mol. The summed E-state index contributed by atoms with van der Waals surface area (Å²) in [5.41, 5.74) is 0.222. The zero-order valence-corrected chi connectivity index (χ0v) is 14.6. The molecule has 0 N–H and O–H groups in total. The Labute approximate surface area is 149 Å². The summed E-state index contributed by atoms with van der Waals surface area (Å²) in [6.45, 7) is 3.17. The van der Waals surface area contributed by atoms with E-state index in [0.29, 0.717) is 11.3 Å². The molecule has 0 bridgehead atoms. The minimum absolute atomic E-state index is 0.0810. The van der Waals surface area contributed by atoms with E-state index in [0.717, 1.165) is 51.0 Å². The van der Waals surface area contributed by atoms with E-state index in [-0.39, 0.29) is 11.7 Å². The van der Waals surface area contributed by atoms with Gasteiger partial charge in [0.25, 0.3) is 5.91 Å². The number of likely N-dealkylation sites (tertiary alicyclic amines) is 1. The standard InChI is InChI=1S/C18H21F3N4O/c1-13-15(17(26)24-9-5-3-2-4-6-10-24)12-23-25(13)16-8-7-14(11-22-16)18(19,20)21/h7-8,11-12H,2-6,9-10H2,1H3. The first-order valence-corrected chi connectivity index (χ1v) is 8.75. The highest BCUT2D eigenvalue weighted by Gasteiger charge is 2.31. The Kier molecular flexibility index (Phi) is 5.29. The predicted octanol–water partition coefficient (Wildman–Crippen LogP) is 4.00. The van der Waals surface area contributed by atoms with Crippen LogP contribution in [-0.4, -0.2) is 38.7 Å². The van der Waals surface area contributed by atoms with Crippen molar-refractivity contribution < 1.29 is 18.0 Å². The Morgan fingerprint density at radius 3 is 2.27 bits per heavy atom. The van der Waals surface area contributed by atoms with E-state index in [1.807, 2.05) is 4.90 Å². The van der Waals surface area contributed by atoms with Crippen molar-refractivity contribution in [1.82, 2.24) is 19.7 Å². The molecule has 26 heavy (non-hydrogen) atoms. The normalized spacial score (nSPS) is 16.2. The van der Waals surface area contributed by atoms with Crippen molar-refractivity contribution in [1.29, 1.82) is 0 Å². The minimum Gasteiger partial charge on any atom is -0.339 e. The highest BCUT2D eigenvalue weighted by molar-refractivity contribution is 5.95. The van der Waals surface area contributed by atoms with E-state index in [1.54, 1.807) is 6.92 Å². The number of pyridine rings is 1. The molecule has 1 amide bonds. The van der Waals surface area contributed by atoms with Crippen LogP contribution in [-0.2, 0) is 6.18 Å². The fraction of sp³-hybridized carbons (Fsp3) is 0.500. The number of halogens is 3. The Morgan fingerprint density at radius 1 is 1.04 bits per heavy atom. The monoisotopic (exact) mass is 366 g/mol. The van der Waals surface area contributed by atoms with Crippen LogP contribution in [0.3, 0.4) is 0 Å². The smallest absolute Gasteiger partial charge is 0.339 e. The topological polar surface area (TPSA) is 51.0 Å². The maximum atomic E-state index is 12.8. The minimum atomic E-state index is -4.43. The third-order valence-electron chi connectivity index (χ3n) is 4.68. The molecule has 1 aliphatic rings. The molecule has 2 aromatic rings. The van der Waals surface area contributed by atoms with Gasteiger partial charge in [0.2, 0.25) is 0 Å². The molecule has 0 saturated carbocycles. The Morgan fingerprint density at radius 2 is 1.69 bits per heavy atom. The summed E-state index contributed by atoms with van der Waals surface area (Å²) in [5, 5.41) is 4.16. The number of alkyl halides is 3.